The van der Waals surface area contributed by atoms with Gasteiger partial charge in [0.05, 0.1) is 19.1 Å². The second kappa shape index (κ2) is 6.03. The van der Waals surface area contributed by atoms with E-state index in [1.54, 1.807) is 20.8 Å². The smallest absolute Gasteiger partial charge is 0.344 e. The van der Waals surface area contributed by atoms with Crippen molar-refractivity contribution >= 4 is 17.8 Å². The molecule has 118 valence electrons. The Morgan fingerprint density at radius 3 is 2.05 bits per heavy atom. The highest BCUT2D eigenvalue weighted by molar-refractivity contribution is 6.16. The Morgan fingerprint density at radius 1 is 1.14 bits per heavy atom. The van der Waals surface area contributed by atoms with Crippen molar-refractivity contribution < 1.29 is 23.9 Å². The molecule has 1 heterocycles. The molecule has 2 aliphatic rings. The maximum Gasteiger partial charge on any atom is 0.344 e. The number of β-lactam (4-membered cyclic amide) rings is 1. The molecule has 0 bridgehead atoms. The predicted octanol–water partition coefficient (Wildman–Crippen LogP) is 1.27. The number of nitrogens with zero attached hydrogens (tertiary/aromatic N) is 1. The summed E-state index contributed by atoms with van der Waals surface area (Å²) in [4.78, 5) is 38.7. The first-order valence-electron chi connectivity index (χ1n) is 7.69. The van der Waals surface area contributed by atoms with Gasteiger partial charge in [0.25, 0.3) is 0 Å². The van der Waals surface area contributed by atoms with E-state index in [0.29, 0.717) is 0 Å². The quantitative estimate of drug-likeness (QED) is 0.434. The van der Waals surface area contributed by atoms with Crippen LogP contribution in [0.3, 0.4) is 0 Å². The van der Waals surface area contributed by atoms with E-state index in [4.69, 9.17) is 9.47 Å². The third kappa shape index (κ3) is 2.21. The van der Waals surface area contributed by atoms with Crippen LogP contribution < -0.4 is 0 Å². The topological polar surface area (TPSA) is 72.9 Å². The molecule has 6 heteroatoms. The van der Waals surface area contributed by atoms with Crippen molar-refractivity contribution in [3.8, 4) is 0 Å². The van der Waals surface area contributed by atoms with Crippen LogP contribution in [0.25, 0.3) is 0 Å². The monoisotopic (exact) mass is 297 g/mol. The lowest BCUT2D eigenvalue weighted by atomic mass is 9.72. The van der Waals surface area contributed by atoms with Crippen molar-refractivity contribution in [3.05, 3.63) is 0 Å². The lowest BCUT2D eigenvalue weighted by Crippen LogP contribution is -2.79. The van der Waals surface area contributed by atoms with Crippen LogP contribution in [0.15, 0.2) is 0 Å². The maximum atomic E-state index is 12.5. The van der Waals surface area contributed by atoms with Crippen LogP contribution in [0.4, 0.5) is 0 Å². The molecule has 1 aliphatic heterocycles. The van der Waals surface area contributed by atoms with Crippen molar-refractivity contribution in [2.75, 3.05) is 13.2 Å². The van der Waals surface area contributed by atoms with Crippen LogP contribution in [-0.4, -0.2) is 47.5 Å². The summed E-state index contributed by atoms with van der Waals surface area (Å²) in [5.74, 6) is -2.22. The van der Waals surface area contributed by atoms with Gasteiger partial charge < -0.3 is 14.4 Å². The van der Waals surface area contributed by atoms with Crippen molar-refractivity contribution in [2.45, 2.75) is 58.0 Å². The van der Waals surface area contributed by atoms with Gasteiger partial charge in [0, 0.05) is 6.04 Å². The number of rotatable bonds is 5. The van der Waals surface area contributed by atoms with Crippen LogP contribution in [0.1, 0.15) is 46.5 Å². The summed E-state index contributed by atoms with van der Waals surface area (Å²) in [6, 6.07) is -0.0671. The van der Waals surface area contributed by atoms with Gasteiger partial charge in [0.1, 0.15) is 0 Å². The van der Waals surface area contributed by atoms with Crippen LogP contribution in [0, 0.1) is 5.92 Å². The zero-order valence-corrected chi connectivity index (χ0v) is 12.9. The Hall–Kier alpha value is -1.59. The van der Waals surface area contributed by atoms with Crippen LogP contribution in [0.2, 0.25) is 0 Å². The molecule has 0 aromatic rings. The van der Waals surface area contributed by atoms with E-state index in [1.165, 1.54) is 4.90 Å². The van der Waals surface area contributed by atoms with Gasteiger partial charge in [-0.2, -0.15) is 0 Å². The number of hydrogen-bond donors (Lipinski definition) is 0. The van der Waals surface area contributed by atoms with Crippen molar-refractivity contribution in [2.24, 2.45) is 5.92 Å². The summed E-state index contributed by atoms with van der Waals surface area (Å²) in [5.41, 5.74) is -1.59. The zero-order chi connectivity index (χ0) is 15.6. The van der Waals surface area contributed by atoms with Gasteiger partial charge in [-0.1, -0.05) is 19.8 Å². The number of carbonyl (C=O) groups excluding carboxylic acids is 3. The van der Waals surface area contributed by atoms with E-state index in [0.717, 1.165) is 25.7 Å². The van der Waals surface area contributed by atoms with Crippen LogP contribution >= 0.6 is 0 Å². The van der Waals surface area contributed by atoms with Gasteiger partial charge in [-0.3, -0.25) is 4.79 Å². The third-order valence-corrected chi connectivity index (χ3v) is 4.48. The standard InChI is InChI=1S/C15H23NO5/c1-4-20-13(18)15(14(19)21-5-2)10(3)12(17)16(15)11-8-6-7-9-11/h10-11H,4-9H2,1-3H3. The van der Waals surface area contributed by atoms with Crippen LogP contribution in [0.5, 0.6) is 0 Å². The molecular weight excluding hydrogens is 274 g/mol. The Balaban J connectivity index is 2.38. The molecule has 1 aliphatic carbocycles. The largest absolute Gasteiger partial charge is 0.464 e. The Kier molecular flexibility index (Phi) is 4.54. The fourth-order valence-electron chi connectivity index (χ4n) is 3.45. The molecule has 0 N–H and O–H groups in total. The number of likely N-dealkylation sites (tertiary alicyclic amines) is 1. The molecule has 2 rings (SSSR count). The molecule has 21 heavy (non-hydrogen) atoms. The Labute approximate surface area is 124 Å². The van der Waals surface area contributed by atoms with Gasteiger partial charge in [-0.05, 0) is 26.7 Å². The average Bonchev–Trinajstić information content (AvgIpc) is 2.96. The summed E-state index contributed by atoms with van der Waals surface area (Å²) in [6.45, 7) is 5.30. The van der Waals surface area contributed by atoms with Crippen molar-refractivity contribution in [1.29, 1.82) is 0 Å². The minimum absolute atomic E-state index is 0.0671. The zero-order valence-electron chi connectivity index (χ0n) is 12.9. The number of carbonyl (C=O) groups is 3. The first kappa shape index (κ1) is 15.8. The average molecular weight is 297 g/mol. The lowest BCUT2D eigenvalue weighted by molar-refractivity contribution is -0.206. The van der Waals surface area contributed by atoms with Gasteiger partial charge >= 0.3 is 11.9 Å². The van der Waals surface area contributed by atoms with Gasteiger partial charge in [-0.15, -0.1) is 0 Å². The van der Waals surface area contributed by atoms with Gasteiger partial charge in [0.15, 0.2) is 0 Å². The molecule has 1 atom stereocenters. The fourth-order valence-corrected chi connectivity index (χ4v) is 3.45. The first-order valence-corrected chi connectivity index (χ1v) is 7.69. The van der Waals surface area contributed by atoms with E-state index < -0.39 is 23.4 Å². The number of amides is 1. The van der Waals surface area contributed by atoms with Gasteiger partial charge in [-0.25, -0.2) is 9.59 Å². The van der Waals surface area contributed by atoms with Gasteiger partial charge in [0.2, 0.25) is 11.4 Å². The minimum atomic E-state index is -1.59. The van der Waals surface area contributed by atoms with E-state index in [1.807, 2.05) is 0 Å². The van der Waals surface area contributed by atoms with E-state index >= 15 is 0 Å². The first-order chi connectivity index (χ1) is 10.0. The summed E-state index contributed by atoms with van der Waals surface area (Å²) < 4.78 is 10.2. The molecule has 1 unspecified atom stereocenters. The molecule has 6 nitrogen and oxygen atoms in total. The summed E-state index contributed by atoms with van der Waals surface area (Å²) in [6.07, 6.45) is 3.65. The molecule has 0 spiro atoms. The summed E-state index contributed by atoms with van der Waals surface area (Å²) >= 11 is 0. The van der Waals surface area contributed by atoms with Crippen molar-refractivity contribution in [1.82, 2.24) is 4.90 Å². The lowest BCUT2D eigenvalue weighted by Gasteiger charge is -2.54. The SMILES string of the molecule is CCOC(=O)C1(C(=O)OCC)C(C)C(=O)N1C1CCCC1. The normalized spacial score (nSPS) is 24.6. The second-order valence-corrected chi connectivity index (χ2v) is 5.58. The molecule has 2 fully saturated rings. The minimum Gasteiger partial charge on any atom is -0.464 e. The fraction of sp³-hybridized carbons (Fsp3) is 0.800. The highest BCUT2D eigenvalue weighted by Crippen LogP contribution is 2.45. The van der Waals surface area contributed by atoms with E-state index in [2.05, 4.69) is 0 Å². The molecule has 1 saturated carbocycles. The predicted molar refractivity (Wildman–Crippen MR) is 74.3 cm³/mol. The Bertz CT molecular complexity index is 423. The molecule has 0 aromatic carbocycles. The number of ether oxygens (including phenoxy) is 2. The highest BCUT2D eigenvalue weighted by Gasteiger charge is 2.71. The third-order valence-electron chi connectivity index (χ3n) is 4.48. The highest BCUT2D eigenvalue weighted by atomic mass is 16.6. The molecular formula is C15H23NO5. The number of hydrogen-bond acceptors (Lipinski definition) is 5. The molecule has 1 saturated heterocycles. The Morgan fingerprint density at radius 2 is 1.62 bits per heavy atom. The summed E-state index contributed by atoms with van der Waals surface area (Å²) in [5, 5.41) is 0. The number of esters is 2. The molecule has 1 amide bonds. The second-order valence-electron chi connectivity index (χ2n) is 5.58. The van der Waals surface area contributed by atoms with Crippen molar-refractivity contribution in [3.63, 3.8) is 0 Å². The van der Waals surface area contributed by atoms with Crippen LogP contribution in [-0.2, 0) is 23.9 Å². The maximum absolute atomic E-state index is 12.5. The van der Waals surface area contributed by atoms with E-state index in [-0.39, 0.29) is 25.2 Å². The van der Waals surface area contributed by atoms with E-state index in [9.17, 15) is 14.4 Å². The molecule has 0 radical (unpaired) electrons. The molecule has 0 aromatic heterocycles. The summed E-state index contributed by atoms with van der Waals surface area (Å²) in [7, 11) is 0.